The Balaban J connectivity index is 2.52. The molecule has 0 bridgehead atoms. The van der Waals surface area contributed by atoms with Crippen LogP contribution in [0.15, 0.2) is 24.3 Å². The number of rotatable bonds is 0. The molecule has 0 amide bonds. The minimum Gasteiger partial charge on any atom is -0.356 e. The molecule has 1 N–H and O–H groups in total. The number of fused-ring (bicyclic) bond motifs is 1. The van der Waals surface area contributed by atoms with Gasteiger partial charge in [0.1, 0.15) is 0 Å². The fourth-order valence-corrected chi connectivity index (χ4v) is 1.57. The van der Waals surface area contributed by atoms with Crippen molar-refractivity contribution >= 4 is 11.4 Å². The number of anilines is 2. The van der Waals surface area contributed by atoms with Crippen molar-refractivity contribution in [3.8, 4) is 0 Å². The summed E-state index contributed by atoms with van der Waals surface area (Å²) in [5.41, 5.74) is 2.15. The molecule has 1 heterocycles. The van der Waals surface area contributed by atoms with Gasteiger partial charge >= 0.3 is 0 Å². The summed E-state index contributed by atoms with van der Waals surface area (Å²) in [6.07, 6.45) is -0.526. The van der Waals surface area contributed by atoms with Gasteiger partial charge in [-0.25, -0.2) is 0 Å². The van der Waals surface area contributed by atoms with E-state index in [0.29, 0.717) is 0 Å². The number of aliphatic hydroxyl groups is 1. The molecule has 0 spiro atoms. The molecule has 0 aromatic heterocycles. The molecule has 2 rings (SSSR count). The molecular formula is C9H12N2O. The predicted octanol–water partition coefficient (Wildman–Crippen LogP) is 0.848. The molecule has 1 aliphatic heterocycles. The second-order valence-electron chi connectivity index (χ2n) is 3.06. The zero-order valence-corrected chi connectivity index (χ0v) is 7.23. The molecule has 0 unspecified atom stereocenters. The number of hydrogen-bond donors (Lipinski definition) is 1. The van der Waals surface area contributed by atoms with Crippen molar-refractivity contribution in [2.24, 2.45) is 0 Å². The van der Waals surface area contributed by atoms with E-state index in [1.807, 2.05) is 48.2 Å². The van der Waals surface area contributed by atoms with E-state index in [1.54, 1.807) is 0 Å². The third-order valence-electron chi connectivity index (χ3n) is 2.33. The lowest BCUT2D eigenvalue weighted by atomic mass is 10.3. The van der Waals surface area contributed by atoms with Crippen molar-refractivity contribution in [1.29, 1.82) is 0 Å². The molecule has 0 radical (unpaired) electrons. The van der Waals surface area contributed by atoms with Gasteiger partial charge in [0.05, 0.1) is 11.4 Å². The molecule has 0 saturated heterocycles. The highest BCUT2D eigenvalue weighted by atomic mass is 16.3. The van der Waals surface area contributed by atoms with Crippen LogP contribution in [-0.2, 0) is 0 Å². The van der Waals surface area contributed by atoms with Crippen LogP contribution in [0.4, 0.5) is 11.4 Å². The fraction of sp³-hybridized carbons (Fsp3) is 0.333. The lowest BCUT2D eigenvalue weighted by Gasteiger charge is -2.21. The summed E-state index contributed by atoms with van der Waals surface area (Å²) < 4.78 is 0. The van der Waals surface area contributed by atoms with Crippen molar-refractivity contribution < 1.29 is 5.11 Å². The number of para-hydroxylation sites is 2. The SMILES string of the molecule is CN1c2ccccc2N(C)C1O. The fourth-order valence-electron chi connectivity index (χ4n) is 1.57. The van der Waals surface area contributed by atoms with Crippen LogP contribution in [0.5, 0.6) is 0 Å². The van der Waals surface area contributed by atoms with Crippen molar-refractivity contribution in [1.82, 2.24) is 0 Å². The lowest BCUT2D eigenvalue weighted by molar-refractivity contribution is 0.183. The van der Waals surface area contributed by atoms with E-state index in [2.05, 4.69) is 0 Å². The quantitative estimate of drug-likeness (QED) is 0.615. The minimum absolute atomic E-state index is 0.526. The monoisotopic (exact) mass is 164 g/mol. The summed E-state index contributed by atoms with van der Waals surface area (Å²) in [5, 5.41) is 9.64. The van der Waals surface area contributed by atoms with Crippen LogP contribution in [-0.4, -0.2) is 25.6 Å². The largest absolute Gasteiger partial charge is 0.356 e. The molecule has 3 nitrogen and oxygen atoms in total. The van der Waals surface area contributed by atoms with Crippen LogP contribution >= 0.6 is 0 Å². The highest BCUT2D eigenvalue weighted by Crippen LogP contribution is 2.35. The summed E-state index contributed by atoms with van der Waals surface area (Å²) >= 11 is 0. The Bertz CT molecular complexity index is 271. The molecular weight excluding hydrogens is 152 g/mol. The van der Waals surface area contributed by atoms with Gasteiger partial charge in [0.25, 0.3) is 0 Å². The minimum atomic E-state index is -0.526. The van der Waals surface area contributed by atoms with Gasteiger partial charge in [-0.05, 0) is 12.1 Å². The summed E-state index contributed by atoms with van der Waals surface area (Å²) in [6, 6.07) is 7.95. The van der Waals surface area contributed by atoms with Gasteiger partial charge in [0.2, 0.25) is 6.35 Å². The van der Waals surface area contributed by atoms with Gasteiger partial charge in [0.15, 0.2) is 0 Å². The zero-order chi connectivity index (χ0) is 8.72. The lowest BCUT2D eigenvalue weighted by Crippen LogP contribution is -2.38. The smallest absolute Gasteiger partial charge is 0.207 e. The first kappa shape index (κ1) is 7.43. The van der Waals surface area contributed by atoms with Crippen LogP contribution in [0.2, 0.25) is 0 Å². The zero-order valence-electron chi connectivity index (χ0n) is 7.23. The average Bonchev–Trinajstić information content (AvgIpc) is 2.33. The Labute approximate surface area is 71.8 Å². The van der Waals surface area contributed by atoms with Crippen molar-refractivity contribution in [2.75, 3.05) is 23.9 Å². The normalized spacial score (nSPS) is 16.9. The van der Waals surface area contributed by atoms with Gasteiger partial charge in [-0.3, -0.25) is 0 Å². The van der Waals surface area contributed by atoms with Gasteiger partial charge < -0.3 is 14.9 Å². The standard InChI is InChI=1S/C9H12N2O/c1-10-7-5-3-4-6-8(7)11(2)9(10)12/h3-6,9,12H,1-2H3. The highest BCUT2D eigenvalue weighted by molar-refractivity contribution is 5.76. The highest BCUT2D eigenvalue weighted by Gasteiger charge is 2.28. The molecule has 0 saturated carbocycles. The van der Waals surface area contributed by atoms with Crippen molar-refractivity contribution in [3.05, 3.63) is 24.3 Å². The summed E-state index contributed by atoms with van der Waals surface area (Å²) in [4.78, 5) is 3.69. The summed E-state index contributed by atoms with van der Waals surface area (Å²) in [5.74, 6) is 0. The summed E-state index contributed by atoms with van der Waals surface area (Å²) in [6.45, 7) is 0. The number of hydrogen-bond acceptors (Lipinski definition) is 3. The molecule has 1 aromatic rings. The Kier molecular flexibility index (Phi) is 1.48. The second kappa shape index (κ2) is 2.38. The molecule has 1 aromatic carbocycles. The first-order chi connectivity index (χ1) is 5.72. The Morgan fingerprint density at radius 2 is 1.50 bits per heavy atom. The molecule has 1 aliphatic rings. The molecule has 3 heteroatoms. The van der Waals surface area contributed by atoms with Gasteiger partial charge in [0, 0.05) is 14.1 Å². The predicted molar refractivity (Wildman–Crippen MR) is 49.3 cm³/mol. The van der Waals surface area contributed by atoms with Crippen LogP contribution < -0.4 is 9.80 Å². The molecule has 12 heavy (non-hydrogen) atoms. The van der Waals surface area contributed by atoms with Crippen LogP contribution in [0.25, 0.3) is 0 Å². The molecule has 64 valence electrons. The van der Waals surface area contributed by atoms with E-state index in [0.717, 1.165) is 11.4 Å². The first-order valence-electron chi connectivity index (χ1n) is 3.94. The number of benzene rings is 1. The van der Waals surface area contributed by atoms with Crippen molar-refractivity contribution in [3.63, 3.8) is 0 Å². The third-order valence-corrected chi connectivity index (χ3v) is 2.33. The maximum Gasteiger partial charge on any atom is 0.207 e. The van der Waals surface area contributed by atoms with Crippen LogP contribution in [0.1, 0.15) is 0 Å². The summed E-state index contributed by atoms with van der Waals surface area (Å²) in [7, 11) is 3.76. The van der Waals surface area contributed by atoms with E-state index < -0.39 is 6.35 Å². The first-order valence-corrected chi connectivity index (χ1v) is 3.94. The Morgan fingerprint density at radius 3 is 1.92 bits per heavy atom. The van der Waals surface area contributed by atoms with Crippen LogP contribution in [0, 0.1) is 0 Å². The van der Waals surface area contributed by atoms with Crippen molar-refractivity contribution in [2.45, 2.75) is 6.35 Å². The van der Waals surface area contributed by atoms with E-state index in [1.165, 1.54) is 0 Å². The van der Waals surface area contributed by atoms with E-state index in [-0.39, 0.29) is 0 Å². The van der Waals surface area contributed by atoms with E-state index >= 15 is 0 Å². The molecule has 0 aliphatic carbocycles. The van der Waals surface area contributed by atoms with Crippen LogP contribution in [0.3, 0.4) is 0 Å². The Hall–Kier alpha value is -1.22. The van der Waals surface area contributed by atoms with Gasteiger partial charge in [-0.2, -0.15) is 0 Å². The van der Waals surface area contributed by atoms with E-state index in [4.69, 9.17) is 0 Å². The number of nitrogens with zero attached hydrogens (tertiary/aromatic N) is 2. The maximum atomic E-state index is 9.64. The number of aliphatic hydroxyl groups excluding tert-OH is 1. The molecule has 0 fully saturated rings. The second-order valence-corrected chi connectivity index (χ2v) is 3.06. The van der Waals surface area contributed by atoms with E-state index in [9.17, 15) is 5.11 Å². The van der Waals surface area contributed by atoms with Gasteiger partial charge in [-0.1, -0.05) is 12.1 Å². The third kappa shape index (κ3) is 0.800. The average molecular weight is 164 g/mol. The van der Waals surface area contributed by atoms with Gasteiger partial charge in [-0.15, -0.1) is 0 Å². The maximum absolute atomic E-state index is 9.64. The Morgan fingerprint density at radius 1 is 1.08 bits per heavy atom. The molecule has 0 atom stereocenters. The topological polar surface area (TPSA) is 26.7 Å².